The van der Waals surface area contributed by atoms with Crippen LogP contribution in [0.2, 0.25) is 0 Å². The van der Waals surface area contributed by atoms with E-state index in [9.17, 15) is 9.59 Å². The highest BCUT2D eigenvalue weighted by Gasteiger charge is 2.03. The maximum atomic E-state index is 11.0. The Morgan fingerprint density at radius 3 is 2.82 bits per heavy atom. The van der Waals surface area contributed by atoms with Crippen molar-refractivity contribution in [3.63, 3.8) is 0 Å². The lowest BCUT2D eigenvalue weighted by molar-refractivity contribution is -0.120. The van der Waals surface area contributed by atoms with E-state index in [4.69, 9.17) is 5.11 Å². The number of hydrogen-bond donors (Lipinski definition) is 2. The van der Waals surface area contributed by atoms with Crippen molar-refractivity contribution >= 4 is 23.6 Å². The molecule has 0 atom stereocenters. The van der Waals surface area contributed by atoms with Gasteiger partial charge in [0.2, 0.25) is 5.91 Å². The Morgan fingerprint density at radius 1 is 1.41 bits per heavy atom. The highest BCUT2D eigenvalue weighted by Crippen LogP contribution is 2.20. The fourth-order valence-corrected chi connectivity index (χ4v) is 2.18. The summed E-state index contributed by atoms with van der Waals surface area (Å²) in [6.07, 6.45) is 1.28. The van der Waals surface area contributed by atoms with E-state index >= 15 is 0 Å². The van der Waals surface area contributed by atoms with E-state index in [1.165, 1.54) is 0 Å². The van der Waals surface area contributed by atoms with Gasteiger partial charge in [-0.1, -0.05) is 6.07 Å². The summed E-state index contributed by atoms with van der Waals surface area (Å²) in [5.74, 6) is -0.0843. The first-order chi connectivity index (χ1) is 8.13. The zero-order chi connectivity index (χ0) is 12.7. The minimum Gasteiger partial charge on any atom is -0.478 e. The van der Waals surface area contributed by atoms with E-state index in [0.29, 0.717) is 12.0 Å². The predicted molar refractivity (Wildman–Crippen MR) is 67.4 cm³/mol. The summed E-state index contributed by atoms with van der Waals surface area (Å²) in [4.78, 5) is 22.6. The van der Waals surface area contributed by atoms with Crippen LogP contribution in [0, 0.1) is 0 Å². The molecular formula is C12H15NO3S. The minimum atomic E-state index is -0.919. The van der Waals surface area contributed by atoms with Crippen LogP contribution in [-0.4, -0.2) is 29.8 Å². The minimum absolute atomic E-state index is 0.0323. The van der Waals surface area contributed by atoms with Crippen LogP contribution in [0.15, 0.2) is 29.2 Å². The third-order valence-corrected chi connectivity index (χ3v) is 3.26. The number of benzene rings is 1. The quantitative estimate of drug-likeness (QED) is 0.601. The summed E-state index contributed by atoms with van der Waals surface area (Å²) in [5, 5.41) is 11.4. The molecule has 17 heavy (non-hydrogen) atoms. The second-order valence-corrected chi connectivity index (χ2v) is 4.63. The van der Waals surface area contributed by atoms with Crippen LogP contribution in [0.5, 0.6) is 0 Å². The molecule has 92 valence electrons. The van der Waals surface area contributed by atoms with Gasteiger partial charge in [-0.05, 0) is 30.4 Å². The van der Waals surface area contributed by atoms with Crippen molar-refractivity contribution in [2.24, 2.45) is 0 Å². The number of carboxylic acids is 1. The van der Waals surface area contributed by atoms with Crippen LogP contribution in [0.25, 0.3) is 0 Å². The molecule has 0 aromatic heterocycles. The van der Waals surface area contributed by atoms with Crippen LogP contribution in [0.4, 0.5) is 0 Å². The number of carbonyl (C=O) groups is 2. The number of aromatic carboxylic acids is 1. The summed E-state index contributed by atoms with van der Waals surface area (Å²) in [5.41, 5.74) is 0.293. The third-order valence-electron chi connectivity index (χ3n) is 2.18. The average molecular weight is 253 g/mol. The first kappa shape index (κ1) is 13.6. The molecule has 0 unspecified atom stereocenters. The fraction of sp³-hybridized carbons (Fsp3) is 0.333. The number of carbonyl (C=O) groups excluding carboxylic acids is 1. The van der Waals surface area contributed by atoms with E-state index in [1.54, 1.807) is 37.0 Å². The Labute approximate surface area is 104 Å². The van der Waals surface area contributed by atoms with Crippen molar-refractivity contribution in [3.05, 3.63) is 29.8 Å². The fourth-order valence-electron chi connectivity index (χ4n) is 1.27. The maximum Gasteiger partial charge on any atom is 0.335 e. The van der Waals surface area contributed by atoms with Gasteiger partial charge >= 0.3 is 5.97 Å². The third kappa shape index (κ3) is 4.91. The van der Waals surface area contributed by atoms with Crippen LogP contribution < -0.4 is 5.32 Å². The second kappa shape index (κ2) is 6.96. The number of carboxylic acid groups (broad SMARTS) is 1. The van der Waals surface area contributed by atoms with Gasteiger partial charge < -0.3 is 10.4 Å². The average Bonchev–Trinajstić information content (AvgIpc) is 2.34. The van der Waals surface area contributed by atoms with Crippen LogP contribution in [-0.2, 0) is 4.79 Å². The molecule has 1 aromatic rings. The molecular weight excluding hydrogens is 238 g/mol. The monoisotopic (exact) mass is 253 g/mol. The largest absolute Gasteiger partial charge is 0.478 e. The Bertz CT molecular complexity index is 406. The number of thioether (sulfide) groups is 1. The molecule has 0 saturated carbocycles. The molecule has 0 heterocycles. The molecule has 0 spiro atoms. The highest BCUT2D eigenvalue weighted by molar-refractivity contribution is 7.99. The van der Waals surface area contributed by atoms with Gasteiger partial charge in [-0.15, -0.1) is 11.8 Å². The molecule has 1 rings (SSSR count). The van der Waals surface area contributed by atoms with Crippen LogP contribution in [0.3, 0.4) is 0 Å². The molecule has 5 heteroatoms. The van der Waals surface area contributed by atoms with Gasteiger partial charge in [0.1, 0.15) is 0 Å². The lowest BCUT2D eigenvalue weighted by Crippen LogP contribution is -2.17. The van der Waals surface area contributed by atoms with Gasteiger partial charge in [0.05, 0.1) is 5.56 Å². The molecule has 0 aliphatic rings. The summed E-state index contributed by atoms with van der Waals surface area (Å²) in [6, 6.07) is 6.81. The van der Waals surface area contributed by atoms with Crippen molar-refractivity contribution in [3.8, 4) is 0 Å². The van der Waals surface area contributed by atoms with Gasteiger partial charge in [0.15, 0.2) is 0 Å². The van der Waals surface area contributed by atoms with Gasteiger partial charge in [-0.2, -0.15) is 0 Å². The number of rotatable bonds is 6. The zero-order valence-corrected chi connectivity index (χ0v) is 10.4. The molecule has 0 fully saturated rings. The van der Waals surface area contributed by atoms with Gasteiger partial charge in [-0.3, -0.25) is 4.79 Å². The Kier molecular flexibility index (Phi) is 5.56. The smallest absolute Gasteiger partial charge is 0.335 e. The lowest BCUT2D eigenvalue weighted by atomic mass is 10.2. The molecule has 0 aliphatic heterocycles. The van der Waals surface area contributed by atoms with E-state index in [0.717, 1.165) is 17.1 Å². The molecule has 1 amide bonds. The molecule has 0 aliphatic carbocycles. The molecule has 0 bridgehead atoms. The van der Waals surface area contributed by atoms with Gasteiger partial charge in [0.25, 0.3) is 0 Å². The standard InChI is InChI=1S/C12H15NO3S/c1-13-11(14)6-3-7-17-10-5-2-4-9(8-10)12(15)16/h2,4-5,8H,3,6-7H2,1H3,(H,13,14)(H,15,16). The normalized spacial score (nSPS) is 9.94. The molecule has 2 N–H and O–H groups in total. The summed E-state index contributed by atoms with van der Waals surface area (Å²) in [7, 11) is 1.62. The summed E-state index contributed by atoms with van der Waals surface area (Å²) in [6.45, 7) is 0. The first-order valence-corrected chi connectivity index (χ1v) is 6.29. The van der Waals surface area contributed by atoms with E-state index in [-0.39, 0.29) is 5.91 Å². The van der Waals surface area contributed by atoms with E-state index < -0.39 is 5.97 Å². The number of hydrogen-bond acceptors (Lipinski definition) is 3. The van der Waals surface area contributed by atoms with Gasteiger partial charge in [0, 0.05) is 18.4 Å². The topological polar surface area (TPSA) is 66.4 Å². The SMILES string of the molecule is CNC(=O)CCCSc1cccc(C(=O)O)c1. The van der Waals surface area contributed by atoms with Crippen molar-refractivity contribution < 1.29 is 14.7 Å². The number of nitrogens with one attached hydrogen (secondary N) is 1. The van der Waals surface area contributed by atoms with Crippen molar-refractivity contribution in [2.75, 3.05) is 12.8 Å². The van der Waals surface area contributed by atoms with E-state index in [2.05, 4.69) is 5.32 Å². The summed E-state index contributed by atoms with van der Waals surface area (Å²) < 4.78 is 0. The molecule has 0 radical (unpaired) electrons. The zero-order valence-electron chi connectivity index (χ0n) is 9.60. The first-order valence-electron chi connectivity index (χ1n) is 5.30. The van der Waals surface area contributed by atoms with Crippen molar-refractivity contribution in [1.29, 1.82) is 0 Å². The Morgan fingerprint density at radius 2 is 2.18 bits per heavy atom. The molecule has 4 nitrogen and oxygen atoms in total. The Balaban J connectivity index is 2.39. The van der Waals surface area contributed by atoms with E-state index in [1.807, 2.05) is 6.07 Å². The molecule has 1 aromatic carbocycles. The van der Waals surface area contributed by atoms with Gasteiger partial charge in [-0.25, -0.2) is 4.79 Å². The van der Waals surface area contributed by atoms with Crippen molar-refractivity contribution in [1.82, 2.24) is 5.32 Å². The maximum absolute atomic E-state index is 11.0. The van der Waals surface area contributed by atoms with Crippen LogP contribution >= 0.6 is 11.8 Å². The van der Waals surface area contributed by atoms with Crippen molar-refractivity contribution in [2.45, 2.75) is 17.7 Å². The highest BCUT2D eigenvalue weighted by atomic mass is 32.2. The molecule has 0 saturated heterocycles. The number of amides is 1. The summed E-state index contributed by atoms with van der Waals surface area (Å²) >= 11 is 1.56. The lowest BCUT2D eigenvalue weighted by Gasteiger charge is -2.02. The Hall–Kier alpha value is -1.49. The predicted octanol–water partition coefficient (Wildman–Crippen LogP) is 2.00. The second-order valence-electron chi connectivity index (χ2n) is 3.46. The van der Waals surface area contributed by atoms with Crippen LogP contribution in [0.1, 0.15) is 23.2 Å².